The number of halogens is 1. The van der Waals surface area contributed by atoms with Crippen molar-refractivity contribution in [2.24, 2.45) is 0 Å². The van der Waals surface area contributed by atoms with Gasteiger partial charge in [0.25, 0.3) is 0 Å². The molecular weight excluding hydrogens is 300 g/mol. The van der Waals surface area contributed by atoms with Gasteiger partial charge in [0.1, 0.15) is 19.2 Å². The molecule has 0 unspecified atom stereocenters. The molecule has 0 radical (unpaired) electrons. The highest BCUT2D eigenvalue weighted by atomic mass is 31.2. The van der Waals surface area contributed by atoms with Crippen LogP contribution < -0.4 is 11.4 Å². The SMILES string of the molecule is O=c1ncn([C@H]2CC[C@@](F)(COP(=O)(O)O)O2)c(=O)[nH]1. The van der Waals surface area contributed by atoms with E-state index in [2.05, 4.69) is 9.51 Å². The minimum absolute atomic E-state index is 0.0502. The summed E-state index contributed by atoms with van der Waals surface area (Å²) in [5.41, 5.74) is -1.67. The van der Waals surface area contributed by atoms with E-state index in [1.807, 2.05) is 4.98 Å². The molecule has 2 rings (SSSR count). The van der Waals surface area contributed by atoms with Crippen LogP contribution in [0.3, 0.4) is 0 Å². The Morgan fingerprint density at radius 1 is 1.65 bits per heavy atom. The minimum atomic E-state index is -4.82. The number of phosphoric acid groups is 1. The molecule has 0 bridgehead atoms. The first kappa shape index (κ1) is 15.0. The quantitative estimate of drug-likeness (QED) is 0.602. The predicted molar refractivity (Wildman–Crippen MR) is 60.3 cm³/mol. The fourth-order valence-electron chi connectivity index (χ4n) is 1.74. The third-order valence-electron chi connectivity index (χ3n) is 2.62. The molecule has 1 fully saturated rings. The van der Waals surface area contributed by atoms with Gasteiger partial charge in [-0.1, -0.05) is 0 Å². The summed E-state index contributed by atoms with van der Waals surface area (Å²) in [6.07, 6.45) is -0.323. The molecule has 1 aliphatic heterocycles. The maximum atomic E-state index is 14.1. The van der Waals surface area contributed by atoms with Crippen molar-refractivity contribution in [3.8, 4) is 0 Å². The lowest BCUT2D eigenvalue weighted by atomic mass is 10.2. The minimum Gasteiger partial charge on any atom is -0.319 e. The van der Waals surface area contributed by atoms with Crippen LogP contribution in [0, 0.1) is 0 Å². The molecule has 2 heterocycles. The molecule has 1 aromatic heterocycles. The molecule has 0 amide bonds. The summed E-state index contributed by atoms with van der Waals surface area (Å²) < 4.78 is 34.5. The second kappa shape index (κ2) is 5.19. The average Bonchev–Trinajstić information content (AvgIpc) is 2.69. The predicted octanol–water partition coefficient (Wildman–Crippen LogP) is -0.984. The van der Waals surface area contributed by atoms with Crippen LogP contribution in [0.4, 0.5) is 4.39 Å². The summed E-state index contributed by atoms with van der Waals surface area (Å²) in [4.78, 5) is 44.5. The van der Waals surface area contributed by atoms with Crippen molar-refractivity contribution in [1.29, 1.82) is 0 Å². The number of aromatic nitrogens is 3. The smallest absolute Gasteiger partial charge is 0.319 e. The number of nitrogens with zero attached hydrogens (tertiary/aromatic N) is 2. The lowest BCUT2D eigenvalue weighted by Gasteiger charge is -2.21. The maximum absolute atomic E-state index is 14.1. The Hall–Kier alpha value is -1.39. The van der Waals surface area contributed by atoms with Crippen molar-refractivity contribution in [1.82, 2.24) is 14.5 Å². The number of hydrogen-bond acceptors (Lipinski definition) is 6. The molecule has 12 heteroatoms. The Kier molecular flexibility index (Phi) is 3.89. The summed E-state index contributed by atoms with van der Waals surface area (Å²) in [5, 5.41) is 0. The monoisotopic (exact) mass is 311 g/mol. The largest absolute Gasteiger partial charge is 0.469 e. The summed E-state index contributed by atoms with van der Waals surface area (Å²) >= 11 is 0. The summed E-state index contributed by atoms with van der Waals surface area (Å²) in [6, 6.07) is 0. The number of H-pyrrole nitrogens is 1. The van der Waals surface area contributed by atoms with Crippen molar-refractivity contribution < 1.29 is 28.0 Å². The second-order valence-corrected chi connectivity index (χ2v) is 5.38. The number of hydrogen-bond donors (Lipinski definition) is 3. The van der Waals surface area contributed by atoms with Crippen molar-refractivity contribution in [3.63, 3.8) is 0 Å². The van der Waals surface area contributed by atoms with E-state index in [4.69, 9.17) is 14.5 Å². The highest BCUT2D eigenvalue weighted by molar-refractivity contribution is 7.46. The van der Waals surface area contributed by atoms with Gasteiger partial charge in [-0.05, 0) is 6.42 Å². The van der Waals surface area contributed by atoms with Crippen molar-refractivity contribution in [2.45, 2.75) is 24.9 Å². The normalized spacial score (nSPS) is 26.9. The molecule has 112 valence electrons. The Labute approximate surface area is 110 Å². The number of alkyl halides is 1. The fraction of sp³-hybridized carbons (Fsp3) is 0.625. The third kappa shape index (κ3) is 3.58. The highest BCUT2D eigenvalue weighted by Crippen LogP contribution is 2.42. The number of aromatic amines is 1. The first-order valence-electron chi connectivity index (χ1n) is 5.43. The van der Waals surface area contributed by atoms with Crippen LogP contribution >= 0.6 is 7.82 Å². The molecule has 0 aliphatic carbocycles. The maximum Gasteiger partial charge on any atom is 0.469 e. The van der Waals surface area contributed by atoms with E-state index in [1.54, 1.807) is 0 Å². The van der Waals surface area contributed by atoms with Crippen LogP contribution in [0.1, 0.15) is 19.1 Å². The summed E-state index contributed by atoms with van der Waals surface area (Å²) in [6.45, 7) is -0.973. The van der Waals surface area contributed by atoms with Gasteiger partial charge >= 0.3 is 19.2 Å². The van der Waals surface area contributed by atoms with Gasteiger partial charge in [0.2, 0.25) is 5.85 Å². The summed E-state index contributed by atoms with van der Waals surface area (Å²) in [7, 11) is -4.82. The van der Waals surface area contributed by atoms with E-state index in [9.17, 15) is 18.5 Å². The second-order valence-electron chi connectivity index (χ2n) is 4.15. The Balaban J connectivity index is 2.10. The third-order valence-corrected chi connectivity index (χ3v) is 3.08. The molecule has 2 atom stereocenters. The van der Waals surface area contributed by atoms with Crippen molar-refractivity contribution in [2.75, 3.05) is 6.61 Å². The molecule has 1 saturated heterocycles. The average molecular weight is 311 g/mol. The summed E-state index contributed by atoms with van der Waals surface area (Å²) in [5.74, 6) is -2.43. The molecule has 0 saturated carbocycles. The molecular formula is C8H11FN3O7P. The van der Waals surface area contributed by atoms with Gasteiger partial charge in [0.15, 0.2) is 0 Å². The fourth-order valence-corrected chi connectivity index (χ4v) is 2.10. The van der Waals surface area contributed by atoms with Gasteiger partial charge in [0.05, 0.1) is 0 Å². The zero-order chi connectivity index (χ0) is 15.0. The van der Waals surface area contributed by atoms with Crippen molar-refractivity contribution in [3.05, 3.63) is 27.3 Å². The van der Waals surface area contributed by atoms with Gasteiger partial charge in [-0.2, -0.15) is 4.98 Å². The highest BCUT2D eigenvalue weighted by Gasteiger charge is 2.43. The van der Waals surface area contributed by atoms with Crippen LogP contribution in [-0.2, 0) is 13.8 Å². The van der Waals surface area contributed by atoms with E-state index in [-0.39, 0.29) is 12.8 Å². The van der Waals surface area contributed by atoms with Crippen molar-refractivity contribution >= 4 is 7.82 Å². The van der Waals surface area contributed by atoms with E-state index < -0.39 is 37.9 Å². The Bertz CT molecular complexity index is 654. The van der Waals surface area contributed by atoms with Gasteiger partial charge in [-0.15, -0.1) is 0 Å². The lowest BCUT2D eigenvalue weighted by Crippen LogP contribution is -2.35. The molecule has 20 heavy (non-hydrogen) atoms. The molecule has 0 spiro atoms. The topological polar surface area (TPSA) is 144 Å². The number of phosphoric ester groups is 1. The Morgan fingerprint density at radius 2 is 2.35 bits per heavy atom. The van der Waals surface area contributed by atoms with E-state index in [1.165, 1.54) is 0 Å². The molecule has 1 aromatic rings. The number of ether oxygens (including phenoxy) is 1. The van der Waals surface area contributed by atoms with Crippen LogP contribution in [0.5, 0.6) is 0 Å². The van der Waals surface area contributed by atoms with E-state index in [0.29, 0.717) is 0 Å². The number of nitrogens with one attached hydrogen (secondary N) is 1. The molecule has 10 nitrogen and oxygen atoms in total. The number of rotatable bonds is 4. The lowest BCUT2D eigenvalue weighted by molar-refractivity contribution is -0.175. The van der Waals surface area contributed by atoms with Gasteiger partial charge < -0.3 is 14.5 Å². The molecule has 1 aliphatic rings. The van der Waals surface area contributed by atoms with Gasteiger partial charge in [-0.3, -0.25) is 14.1 Å². The standard InChI is InChI=1S/C8H11FN3O7P/c9-8(3-18-20(15,16)17)2-1-5(19-8)12-4-10-6(13)11-7(12)14/h4-5H,1-3H2,(H,11,13,14)(H2,15,16,17)/t5-,8+/m1/s1. The van der Waals surface area contributed by atoms with Gasteiger partial charge in [-0.25, -0.2) is 18.5 Å². The van der Waals surface area contributed by atoms with E-state index in [0.717, 1.165) is 10.9 Å². The van der Waals surface area contributed by atoms with Crippen LogP contribution in [0.25, 0.3) is 0 Å². The first-order valence-corrected chi connectivity index (χ1v) is 6.96. The van der Waals surface area contributed by atoms with Crippen LogP contribution in [-0.4, -0.2) is 36.8 Å². The Morgan fingerprint density at radius 3 is 2.95 bits per heavy atom. The molecule has 0 aromatic carbocycles. The van der Waals surface area contributed by atoms with Gasteiger partial charge in [0, 0.05) is 6.42 Å². The zero-order valence-electron chi connectivity index (χ0n) is 9.93. The van der Waals surface area contributed by atoms with Crippen LogP contribution in [0.2, 0.25) is 0 Å². The molecule has 3 N–H and O–H groups in total. The zero-order valence-corrected chi connectivity index (χ0v) is 10.8. The van der Waals surface area contributed by atoms with E-state index >= 15 is 0 Å². The first-order chi connectivity index (χ1) is 9.19. The van der Waals surface area contributed by atoms with Crippen LogP contribution in [0.15, 0.2) is 15.9 Å².